The van der Waals surface area contributed by atoms with E-state index < -0.39 is 0 Å². The third-order valence-electron chi connectivity index (χ3n) is 3.88. The van der Waals surface area contributed by atoms with Crippen LogP contribution in [0.3, 0.4) is 0 Å². The fourth-order valence-electron chi connectivity index (χ4n) is 2.38. The van der Waals surface area contributed by atoms with Gasteiger partial charge in [-0.15, -0.1) is 0 Å². The second-order valence-electron chi connectivity index (χ2n) is 5.28. The number of rotatable bonds is 3. The lowest BCUT2D eigenvalue weighted by atomic mass is 9.97. The fraction of sp³-hybridized carbons (Fsp3) is 1.00. The number of hydrogen-bond donors (Lipinski definition) is 1. The topological polar surface area (TPSA) is 15.3 Å². The first-order valence-electron chi connectivity index (χ1n) is 6.59. The van der Waals surface area contributed by atoms with E-state index in [0.29, 0.717) is 0 Å². The Morgan fingerprint density at radius 2 is 2.13 bits per heavy atom. The summed E-state index contributed by atoms with van der Waals surface area (Å²) in [4.78, 5) is 2.69. The van der Waals surface area contributed by atoms with Crippen molar-refractivity contribution in [1.82, 2.24) is 10.2 Å². The molecule has 15 heavy (non-hydrogen) atoms. The van der Waals surface area contributed by atoms with Crippen LogP contribution in [0.25, 0.3) is 0 Å². The normalized spacial score (nSPS) is 29.2. The van der Waals surface area contributed by atoms with Crippen molar-refractivity contribution < 1.29 is 0 Å². The van der Waals surface area contributed by atoms with E-state index in [1.807, 2.05) is 0 Å². The zero-order valence-electron chi connectivity index (χ0n) is 10.9. The monoisotopic (exact) mass is 212 g/mol. The Bertz CT molecular complexity index is 170. The molecule has 1 N–H and O–H groups in total. The highest BCUT2D eigenvalue weighted by Crippen LogP contribution is 2.16. The minimum absolute atomic E-state index is 0.746. The maximum Gasteiger partial charge on any atom is 0.00925 e. The van der Waals surface area contributed by atoms with E-state index in [1.165, 1.54) is 39.0 Å². The molecule has 2 heteroatoms. The van der Waals surface area contributed by atoms with Crippen molar-refractivity contribution in [2.45, 2.75) is 46.6 Å². The van der Waals surface area contributed by atoms with Gasteiger partial charge in [0.25, 0.3) is 0 Å². The van der Waals surface area contributed by atoms with E-state index in [9.17, 15) is 0 Å². The third-order valence-corrected chi connectivity index (χ3v) is 3.88. The Balaban J connectivity index is 2.48. The zero-order valence-corrected chi connectivity index (χ0v) is 10.9. The highest BCUT2D eigenvalue weighted by molar-refractivity contribution is 4.76. The van der Waals surface area contributed by atoms with Gasteiger partial charge in [-0.25, -0.2) is 0 Å². The average Bonchev–Trinajstić information content (AvgIpc) is 2.21. The van der Waals surface area contributed by atoms with Crippen LogP contribution in [0.4, 0.5) is 0 Å². The van der Waals surface area contributed by atoms with Crippen molar-refractivity contribution >= 4 is 0 Å². The molecular weight excluding hydrogens is 184 g/mol. The molecule has 0 radical (unpaired) electrons. The van der Waals surface area contributed by atoms with Gasteiger partial charge in [-0.1, -0.05) is 27.2 Å². The highest BCUT2D eigenvalue weighted by Gasteiger charge is 2.21. The third kappa shape index (κ3) is 4.12. The summed E-state index contributed by atoms with van der Waals surface area (Å²) >= 11 is 0. The van der Waals surface area contributed by atoms with E-state index in [2.05, 4.69) is 37.9 Å². The molecule has 1 rings (SSSR count). The summed E-state index contributed by atoms with van der Waals surface area (Å²) in [5, 5.41) is 3.51. The van der Waals surface area contributed by atoms with Gasteiger partial charge >= 0.3 is 0 Å². The Kier molecular flexibility index (Phi) is 5.62. The lowest BCUT2D eigenvalue weighted by Gasteiger charge is -2.36. The molecular formula is C13H28N2. The Morgan fingerprint density at radius 3 is 2.80 bits per heavy atom. The van der Waals surface area contributed by atoms with Gasteiger partial charge in [0.05, 0.1) is 0 Å². The molecule has 2 nitrogen and oxygen atoms in total. The van der Waals surface area contributed by atoms with Gasteiger partial charge in [-0.05, 0) is 44.8 Å². The molecule has 3 atom stereocenters. The van der Waals surface area contributed by atoms with Gasteiger partial charge in [0.2, 0.25) is 0 Å². The predicted octanol–water partition coefficient (Wildman–Crippen LogP) is 2.35. The molecule has 0 bridgehead atoms. The van der Waals surface area contributed by atoms with Crippen LogP contribution >= 0.6 is 0 Å². The molecule has 0 spiro atoms. The van der Waals surface area contributed by atoms with E-state index in [4.69, 9.17) is 0 Å². The zero-order chi connectivity index (χ0) is 11.3. The van der Waals surface area contributed by atoms with Crippen LogP contribution in [0.1, 0.15) is 40.5 Å². The van der Waals surface area contributed by atoms with Crippen LogP contribution in [0.5, 0.6) is 0 Å². The standard InChI is InChI=1S/C13H28N2/c1-5-12(3)13(4)15-8-6-7-14-9-11(2)10-15/h11-14H,5-10H2,1-4H3. The lowest BCUT2D eigenvalue weighted by molar-refractivity contribution is 0.128. The maximum atomic E-state index is 3.51. The molecule has 0 aromatic rings. The van der Waals surface area contributed by atoms with E-state index >= 15 is 0 Å². The van der Waals surface area contributed by atoms with Crippen LogP contribution < -0.4 is 5.32 Å². The van der Waals surface area contributed by atoms with Gasteiger partial charge in [0, 0.05) is 12.6 Å². The van der Waals surface area contributed by atoms with Gasteiger partial charge in [0.15, 0.2) is 0 Å². The predicted molar refractivity (Wildman–Crippen MR) is 67.1 cm³/mol. The second-order valence-corrected chi connectivity index (χ2v) is 5.28. The van der Waals surface area contributed by atoms with Crippen LogP contribution in [0, 0.1) is 11.8 Å². The highest BCUT2D eigenvalue weighted by atomic mass is 15.2. The maximum absolute atomic E-state index is 3.51. The average molecular weight is 212 g/mol. The summed E-state index contributed by atoms with van der Waals surface area (Å²) in [6, 6.07) is 0.746. The Hall–Kier alpha value is -0.0800. The van der Waals surface area contributed by atoms with E-state index in [1.54, 1.807) is 0 Å². The minimum Gasteiger partial charge on any atom is -0.316 e. The summed E-state index contributed by atoms with van der Waals surface area (Å²) < 4.78 is 0. The molecule has 1 heterocycles. The molecule has 0 aromatic heterocycles. The molecule has 0 aromatic carbocycles. The van der Waals surface area contributed by atoms with Crippen LogP contribution in [0.15, 0.2) is 0 Å². The van der Waals surface area contributed by atoms with Crippen molar-refractivity contribution in [2.24, 2.45) is 11.8 Å². The van der Waals surface area contributed by atoms with Crippen LogP contribution in [-0.2, 0) is 0 Å². The molecule has 1 aliphatic heterocycles. The quantitative estimate of drug-likeness (QED) is 0.772. The van der Waals surface area contributed by atoms with E-state index in [0.717, 1.165) is 17.9 Å². The summed E-state index contributed by atoms with van der Waals surface area (Å²) in [5.74, 6) is 1.61. The summed E-state index contributed by atoms with van der Waals surface area (Å²) in [6.45, 7) is 14.3. The Labute approximate surface area is 95.4 Å². The van der Waals surface area contributed by atoms with Gasteiger partial charge in [-0.3, -0.25) is 0 Å². The smallest absolute Gasteiger partial charge is 0.00925 e. The van der Waals surface area contributed by atoms with Crippen LogP contribution in [0.2, 0.25) is 0 Å². The summed E-state index contributed by atoms with van der Waals surface area (Å²) in [6.07, 6.45) is 2.60. The molecule has 1 fully saturated rings. The van der Waals surface area contributed by atoms with Crippen molar-refractivity contribution in [2.75, 3.05) is 26.2 Å². The van der Waals surface area contributed by atoms with Gasteiger partial charge in [-0.2, -0.15) is 0 Å². The Morgan fingerprint density at radius 1 is 1.40 bits per heavy atom. The van der Waals surface area contributed by atoms with Gasteiger partial charge in [0.1, 0.15) is 0 Å². The summed E-state index contributed by atoms with van der Waals surface area (Å²) in [5.41, 5.74) is 0. The molecule has 1 aliphatic rings. The molecule has 3 unspecified atom stereocenters. The first-order valence-corrected chi connectivity index (χ1v) is 6.59. The second kappa shape index (κ2) is 6.49. The van der Waals surface area contributed by atoms with Gasteiger partial charge < -0.3 is 10.2 Å². The first-order chi connectivity index (χ1) is 7.15. The molecule has 90 valence electrons. The fourth-order valence-corrected chi connectivity index (χ4v) is 2.38. The SMILES string of the molecule is CCC(C)C(C)N1CCCNCC(C)C1. The molecule has 0 saturated carbocycles. The number of nitrogens with one attached hydrogen (secondary N) is 1. The van der Waals surface area contributed by atoms with Crippen molar-refractivity contribution in [3.63, 3.8) is 0 Å². The van der Waals surface area contributed by atoms with Crippen molar-refractivity contribution in [1.29, 1.82) is 0 Å². The van der Waals surface area contributed by atoms with Crippen molar-refractivity contribution in [3.8, 4) is 0 Å². The number of nitrogens with zero attached hydrogens (tertiary/aromatic N) is 1. The lowest BCUT2D eigenvalue weighted by Crippen LogP contribution is -2.45. The van der Waals surface area contributed by atoms with Crippen molar-refractivity contribution in [3.05, 3.63) is 0 Å². The number of hydrogen-bond acceptors (Lipinski definition) is 2. The molecule has 0 aliphatic carbocycles. The van der Waals surface area contributed by atoms with Crippen LogP contribution in [-0.4, -0.2) is 37.1 Å². The van der Waals surface area contributed by atoms with E-state index in [-0.39, 0.29) is 0 Å². The molecule has 1 saturated heterocycles. The largest absolute Gasteiger partial charge is 0.316 e. The molecule has 0 amide bonds. The summed E-state index contributed by atoms with van der Waals surface area (Å²) in [7, 11) is 0. The first kappa shape index (κ1) is 13.0. The minimum atomic E-state index is 0.746.